The molecule has 0 saturated carbocycles. The lowest BCUT2D eigenvalue weighted by atomic mass is 10.4. The predicted molar refractivity (Wildman–Crippen MR) is 30.3 cm³/mol. The molecule has 1 aliphatic rings. The van der Waals surface area contributed by atoms with E-state index in [0.29, 0.717) is 0 Å². The molecular weight excluding hydrogens is 207 g/mol. The van der Waals surface area contributed by atoms with Crippen molar-refractivity contribution in [1.82, 2.24) is 0 Å². The Bertz CT molecular complexity index is 210. The van der Waals surface area contributed by atoms with Gasteiger partial charge in [0.25, 0.3) is 6.36 Å². The molecule has 1 fully saturated rings. The van der Waals surface area contributed by atoms with Crippen LogP contribution < -0.4 is 0 Å². The number of hydrogen-bond donors (Lipinski definition) is 0. The second kappa shape index (κ2) is 2.62. The van der Waals surface area contributed by atoms with Gasteiger partial charge in [0.2, 0.25) is 0 Å². The third-order valence-corrected chi connectivity index (χ3v) is 2.37. The molecule has 0 N–H and O–H groups in total. The maximum absolute atomic E-state index is 12.1. The molecule has 3 nitrogen and oxygen atoms in total. The van der Waals surface area contributed by atoms with Crippen molar-refractivity contribution in [2.24, 2.45) is 0 Å². The summed E-state index contributed by atoms with van der Waals surface area (Å²) >= 11 is 4.83. The Balaban J connectivity index is 2.70. The largest absolute Gasteiger partial charge is 0.427 e. The lowest BCUT2D eigenvalue weighted by Gasteiger charge is -2.27. The van der Waals surface area contributed by atoms with Crippen LogP contribution in [0.5, 0.6) is 0 Å². The quantitative estimate of drug-likeness (QED) is 0.576. The second-order valence-electron chi connectivity index (χ2n) is 1.89. The molecule has 0 aromatic heterocycles. The van der Waals surface area contributed by atoms with E-state index in [0.717, 1.165) is 0 Å². The Morgan fingerprint density at radius 2 is 2.18 bits per heavy atom. The van der Waals surface area contributed by atoms with Crippen molar-refractivity contribution >= 4 is 18.2 Å². The molecule has 2 unspecified atom stereocenters. The van der Waals surface area contributed by atoms with E-state index >= 15 is 0 Å². The van der Waals surface area contributed by atoms with Crippen molar-refractivity contribution in [3.63, 3.8) is 0 Å². The molecule has 1 rings (SSSR count). The van der Waals surface area contributed by atoms with Crippen LogP contribution in [0, 0.1) is 0 Å². The standard InChI is InChI=1S/C3H3ClF3O3P/c4-11(8)9-1-3(6,7)2(5)10-11/h2H,1H2. The Kier molecular flexibility index (Phi) is 2.22. The molecule has 0 aromatic rings. The van der Waals surface area contributed by atoms with E-state index in [1.54, 1.807) is 0 Å². The van der Waals surface area contributed by atoms with E-state index in [-0.39, 0.29) is 0 Å². The van der Waals surface area contributed by atoms with Crippen molar-refractivity contribution < 1.29 is 26.8 Å². The highest BCUT2D eigenvalue weighted by Crippen LogP contribution is 2.59. The summed E-state index contributed by atoms with van der Waals surface area (Å²) in [4.78, 5) is 0. The SMILES string of the molecule is O=P1(Cl)OCC(F)(F)C(F)O1. The van der Waals surface area contributed by atoms with Crippen molar-refractivity contribution in [3.05, 3.63) is 0 Å². The fraction of sp³-hybridized carbons (Fsp3) is 1.00. The molecule has 2 atom stereocenters. The van der Waals surface area contributed by atoms with Gasteiger partial charge in [-0.15, -0.1) is 0 Å². The summed E-state index contributed by atoms with van der Waals surface area (Å²) < 4.78 is 54.3. The third kappa shape index (κ3) is 2.08. The zero-order valence-corrected chi connectivity index (χ0v) is 6.62. The summed E-state index contributed by atoms with van der Waals surface area (Å²) in [5.74, 6) is -3.77. The average molecular weight is 210 g/mol. The van der Waals surface area contributed by atoms with Gasteiger partial charge in [0, 0.05) is 11.2 Å². The molecule has 1 saturated heterocycles. The Hall–Kier alpha value is 0.230. The van der Waals surface area contributed by atoms with E-state index in [9.17, 15) is 17.7 Å². The van der Waals surface area contributed by atoms with Gasteiger partial charge in [-0.1, -0.05) is 0 Å². The van der Waals surface area contributed by atoms with Crippen LogP contribution in [0.4, 0.5) is 13.2 Å². The normalized spacial score (nSPS) is 43.8. The van der Waals surface area contributed by atoms with Gasteiger partial charge in [-0.25, -0.2) is 8.96 Å². The van der Waals surface area contributed by atoms with E-state index in [2.05, 4.69) is 9.05 Å². The van der Waals surface area contributed by atoms with E-state index < -0.39 is 25.8 Å². The molecular formula is C3H3ClF3O3P. The molecule has 0 amide bonds. The zero-order chi connectivity index (χ0) is 8.70. The van der Waals surface area contributed by atoms with Crippen LogP contribution in [-0.2, 0) is 13.6 Å². The number of alkyl halides is 3. The lowest BCUT2D eigenvalue weighted by Crippen LogP contribution is -2.39. The maximum Gasteiger partial charge on any atom is 0.427 e. The first kappa shape index (κ1) is 9.32. The van der Waals surface area contributed by atoms with Gasteiger partial charge in [-0.2, -0.15) is 8.78 Å². The highest BCUT2D eigenvalue weighted by atomic mass is 35.7. The smallest absolute Gasteiger partial charge is 0.290 e. The summed E-state index contributed by atoms with van der Waals surface area (Å²) in [5.41, 5.74) is 0. The summed E-state index contributed by atoms with van der Waals surface area (Å²) in [7, 11) is 0. The fourth-order valence-corrected chi connectivity index (χ4v) is 1.57. The molecule has 0 aliphatic carbocycles. The predicted octanol–water partition coefficient (Wildman–Crippen LogP) is 2.31. The van der Waals surface area contributed by atoms with Gasteiger partial charge in [-0.05, 0) is 0 Å². The van der Waals surface area contributed by atoms with Crippen LogP contribution in [0.1, 0.15) is 0 Å². The minimum Gasteiger partial charge on any atom is -0.290 e. The molecule has 66 valence electrons. The molecule has 0 bridgehead atoms. The summed E-state index contributed by atoms with van der Waals surface area (Å²) in [6, 6.07) is 0. The van der Waals surface area contributed by atoms with E-state index in [1.165, 1.54) is 0 Å². The van der Waals surface area contributed by atoms with E-state index in [1.807, 2.05) is 0 Å². The molecule has 0 radical (unpaired) electrons. The molecule has 11 heavy (non-hydrogen) atoms. The van der Waals surface area contributed by atoms with Crippen LogP contribution >= 0.6 is 18.2 Å². The van der Waals surface area contributed by atoms with Crippen molar-refractivity contribution in [3.8, 4) is 0 Å². The van der Waals surface area contributed by atoms with Crippen molar-refractivity contribution in [1.29, 1.82) is 0 Å². The van der Waals surface area contributed by atoms with Gasteiger partial charge in [0.1, 0.15) is 6.61 Å². The van der Waals surface area contributed by atoms with E-state index in [4.69, 9.17) is 11.2 Å². The van der Waals surface area contributed by atoms with Crippen LogP contribution in [0.25, 0.3) is 0 Å². The topological polar surface area (TPSA) is 35.5 Å². The van der Waals surface area contributed by atoms with Gasteiger partial charge in [0.15, 0.2) is 0 Å². The van der Waals surface area contributed by atoms with Crippen LogP contribution in [0.2, 0.25) is 0 Å². The molecule has 1 heterocycles. The number of rotatable bonds is 0. The van der Waals surface area contributed by atoms with Crippen molar-refractivity contribution in [2.45, 2.75) is 12.3 Å². The molecule has 0 aromatic carbocycles. The van der Waals surface area contributed by atoms with Crippen LogP contribution in [-0.4, -0.2) is 18.9 Å². The Morgan fingerprint density at radius 3 is 2.55 bits per heavy atom. The highest BCUT2D eigenvalue weighted by molar-refractivity contribution is 7.81. The Morgan fingerprint density at radius 1 is 1.64 bits per heavy atom. The number of hydrogen-bond acceptors (Lipinski definition) is 3. The monoisotopic (exact) mass is 210 g/mol. The van der Waals surface area contributed by atoms with Gasteiger partial charge < -0.3 is 0 Å². The first-order chi connectivity index (χ1) is 4.83. The molecule has 1 aliphatic heterocycles. The van der Waals surface area contributed by atoms with Gasteiger partial charge in [0.05, 0.1) is 0 Å². The second-order valence-corrected chi connectivity index (χ2v) is 4.46. The fourth-order valence-electron chi connectivity index (χ4n) is 0.447. The molecule has 8 heteroatoms. The van der Waals surface area contributed by atoms with Gasteiger partial charge in [-0.3, -0.25) is 9.05 Å². The third-order valence-electron chi connectivity index (χ3n) is 0.962. The van der Waals surface area contributed by atoms with Gasteiger partial charge >= 0.3 is 12.9 Å². The summed E-state index contributed by atoms with van der Waals surface area (Å²) in [6.45, 7) is -5.43. The Labute approximate surface area is 64.7 Å². The van der Waals surface area contributed by atoms with Crippen LogP contribution in [0.3, 0.4) is 0 Å². The van der Waals surface area contributed by atoms with Crippen LogP contribution in [0.15, 0.2) is 0 Å². The molecule has 0 spiro atoms. The number of halogens is 4. The average Bonchev–Trinajstić information content (AvgIpc) is 1.81. The maximum atomic E-state index is 12.1. The minimum absolute atomic E-state index is 1.32. The lowest BCUT2D eigenvalue weighted by molar-refractivity contribution is -0.195. The minimum atomic E-state index is -4.11. The first-order valence-electron chi connectivity index (χ1n) is 2.48. The van der Waals surface area contributed by atoms with Crippen molar-refractivity contribution in [2.75, 3.05) is 6.61 Å². The zero-order valence-electron chi connectivity index (χ0n) is 4.97. The first-order valence-corrected chi connectivity index (χ1v) is 4.93. The highest BCUT2D eigenvalue weighted by Gasteiger charge is 2.51. The summed E-state index contributed by atoms with van der Waals surface area (Å²) in [5, 5.41) is 0. The summed E-state index contributed by atoms with van der Waals surface area (Å²) in [6.07, 6.45) is -2.96.